The molecular weight excluding hydrogens is 234 g/mol. The molecule has 0 rings (SSSR count). The fraction of sp³-hybridized carbons (Fsp3) is 1.00. The minimum absolute atomic E-state index is 0.0385. The molecule has 17 heavy (non-hydrogen) atoms. The van der Waals surface area contributed by atoms with E-state index in [1.807, 2.05) is 0 Å². The van der Waals surface area contributed by atoms with Crippen molar-refractivity contribution in [2.24, 2.45) is 11.3 Å². The Morgan fingerprint density at radius 2 is 1.65 bits per heavy atom. The van der Waals surface area contributed by atoms with Gasteiger partial charge in [-0.25, -0.2) is 8.42 Å². The first-order valence-electron chi connectivity index (χ1n) is 6.49. The lowest BCUT2D eigenvalue weighted by atomic mass is 9.90. The monoisotopic (exact) mass is 263 g/mol. The lowest BCUT2D eigenvalue weighted by Crippen LogP contribution is -2.34. The van der Waals surface area contributed by atoms with Gasteiger partial charge in [0.1, 0.15) is 0 Å². The SMILES string of the molecule is CC(C)CNCC(C)(C)CCS(=O)(=O)C(C)C. The molecule has 0 aromatic heterocycles. The van der Waals surface area contributed by atoms with E-state index in [-0.39, 0.29) is 10.7 Å². The third-order valence-corrected chi connectivity index (χ3v) is 5.15. The molecule has 0 aromatic rings. The van der Waals surface area contributed by atoms with E-state index in [0.29, 0.717) is 11.7 Å². The van der Waals surface area contributed by atoms with Gasteiger partial charge in [-0.1, -0.05) is 27.7 Å². The molecule has 3 nitrogen and oxygen atoms in total. The van der Waals surface area contributed by atoms with E-state index in [2.05, 4.69) is 33.0 Å². The van der Waals surface area contributed by atoms with Crippen molar-refractivity contribution in [1.82, 2.24) is 5.32 Å². The van der Waals surface area contributed by atoms with Crippen LogP contribution < -0.4 is 5.32 Å². The summed E-state index contributed by atoms with van der Waals surface area (Å²) in [4.78, 5) is 0. The van der Waals surface area contributed by atoms with E-state index in [4.69, 9.17) is 0 Å². The third-order valence-electron chi connectivity index (χ3n) is 2.94. The maximum Gasteiger partial charge on any atom is 0.152 e. The smallest absolute Gasteiger partial charge is 0.152 e. The zero-order valence-corrected chi connectivity index (χ0v) is 13.0. The van der Waals surface area contributed by atoms with Crippen LogP contribution in [0.25, 0.3) is 0 Å². The molecule has 0 amide bonds. The van der Waals surface area contributed by atoms with Crippen molar-refractivity contribution in [2.75, 3.05) is 18.8 Å². The summed E-state index contributed by atoms with van der Waals surface area (Å²) in [6.07, 6.45) is 0.721. The molecule has 0 atom stereocenters. The summed E-state index contributed by atoms with van der Waals surface area (Å²) in [5, 5.41) is 3.13. The number of hydrogen-bond acceptors (Lipinski definition) is 3. The van der Waals surface area contributed by atoms with Crippen molar-refractivity contribution in [1.29, 1.82) is 0 Å². The highest BCUT2D eigenvalue weighted by Gasteiger charge is 2.23. The van der Waals surface area contributed by atoms with Crippen LogP contribution in [0.2, 0.25) is 0 Å². The van der Waals surface area contributed by atoms with Gasteiger partial charge in [0.05, 0.1) is 11.0 Å². The molecule has 0 saturated heterocycles. The quantitative estimate of drug-likeness (QED) is 0.732. The van der Waals surface area contributed by atoms with E-state index >= 15 is 0 Å². The molecule has 0 radical (unpaired) electrons. The molecule has 0 aliphatic carbocycles. The molecule has 0 fully saturated rings. The highest BCUT2D eigenvalue weighted by Crippen LogP contribution is 2.21. The predicted molar refractivity (Wildman–Crippen MR) is 75.0 cm³/mol. The Hall–Kier alpha value is -0.0900. The lowest BCUT2D eigenvalue weighted by Gasteiger charge is -2.26. The zero-order chi connectivity index (χ0) is 13.7. The summed E-state index contributed by atoms with van der Waals surface area (Å²) in [5.41, 5.74) is 0.0385. The van der Waals surface area contributed by atoms with E-state index in [0.717, 1.165) is 19.5 Å². The van der Waals surface area contributed by atoms with Crippen molar-refractivity contribution >= 4 is 9.84 Å². The first-order chi connectivity index (χ1) is 7.57. The minimum atomic E-state index is -2.90. The Balaban J connectivity index is 4.10. The molecule has 104 valence electrons. The Kier molecular flexibility index (Phi) is 6.70. The highest BCUT2D eigenvalue weighted by molar-refractivity contribution is 7.91. The Morgan fingerprint density at radius 1 is 1.12 bits per heavy atom. The summed E-state index contributed by atoms with van der Waals surface area (Å²) < 4.78 is 23.5. The molecule has 0 heterocycles. The topological polar surface area (TPSA) is 46.2 Å². The van der Waals surface area contributed by atoms with Crippen LogP contribution in [0.1, 0.15) is 48.0 Å². The second kappa shape index (κ2) is 6.74. The van der Waals surface area contributed by atoms with Crippen molar-refractivity contribution in [3.8, 4) is 0 Å². The van der Waals surface area contributed by atoms with E-state index < -0.39 is 9.84 Å². The molecule has 0 aromatic carbocycles. The lowest BCUT2D eigenvalue weighted by molar-refractivity contribution is 0.321. The van der Waals surface area contributed by atoms with Gasteiger partial charge in [-0.15, -0.1) is 0 Å². The fourth-order valence-electron chi connectivity index (χ4n) is 1.44. The zero-order valence-electron chi connectivity index (χ0n) is 12.2. The van der Waals surface area contributed by atoms with Gasteiger partial charge in [0.15, 0.2) is 9.84 Å². The normalized spacial score (nSPS) is 13.6. The largest absolute Gasteiger partial charge is 0.316 e. The van der Waals surface area contributed by atoms with Crippen LogP contribution in [-0.4, -0.2) is 32.5 Å². The number of hydrogen-bond donors (Lipinski definition) is 1. The Bertz CT molecular complexity index is 305. The molecular formula is C13H29NO2S. The molecule has 0 aliphatic heterocycles. The predicted octanol–water partition coefficient (Wildman–Crippen LogP) is 2.47. The van der Waals surface area contributed by atoms with Crippen LogP contribution in [0.15, 0.2) is 0 Å². The average molecular weight is 263 g/mol. The molecule has 0 spiro atoms. The standard InChI is InChI=1S/C13H29NO2S/c1-11(2)9-14-10-13(5,6)7-8-17(15,16)12(3)4/h11-12,14H,7-10H2,1-6H3. The van der Waals surface area contributed by atoms with Crippen LogP contribution in [0, 0.1) is 11.3 Å². The van der Waals surface area contributed by atoms with Crippen LogP contribution in [0.4, 0.5) is 0 Å². The Morgan fingerprint density at radius 3 is 2.06 bits per heavy atom. The van der Waals surface area contributed by atoms with Gasteiger partial charge in [-0.2, -0.15) is 0 Å². The van der Waals surface area contributed by atoms with Gasteiger partial charge in [0, 0.05) is 6.54 Å². The molecule has 0 saturated carbocycles. The number of rotatable bonds is 8. The van der Waals surface area contributed by atoms with Gasteiger partial charge in [-0.05, 0) is 38.1 Å². The van der Waals surface area contributed by atoms with E-state index in [1.165, 1.54) is 0 Å². The third kappa shape index (κ3) is 7.77. The first kappa shape index (κ1) is 16.9. The van der Waals surface area contributed by atoms with Crippen molar-refractivity contribution in [2.45, 2.75) is 53.2 Å². The number of sulfone groups is 1. The summed E-state index contributed by atoms with van der Waals surface area (Å²) in [5.74, 6) is 0.922. The van der Waals surface area contributed by atoms with Crippen LogP contribution in [0.5, 0.6) is 0 Å². The van der Waals surface area contributed by atoms with Gasteiger partial charge in [0.25, 0.3) is 0 Å². The molecule has 0 bridgehead atoms. The average Bonchev–Trinajstić information content (AvgIpc) is 2.14. The van der Waals surface area contributed by atoms with Gasteiger partial charge >= 0.3 is 0 Å². The summed E-state index contributed by atoms with van der Waals surface area (Å²) in [6.45, 7) is 13.9. The van der Waals surface area contributed by atoms with Gasteiger partial charge < -0.3 is 5.32 Å². The van der Waals surface area contributed by atoms with Crippen LogP contribution in [-0.2, 0) is 9.84 Å². The maximum absolute atomic E-state index is 11.7. The molecule has 1 N–H and O–H groups in total. The van der Waals surface area contributed by atoms with Crippen molar-refractivity contribution in [3.63, 3.8) is 0 Å². The van der Waals surface area contributed by atoms with Crippen LogP contribution in [0.3, 0.4) is 0 Å². The van der Waals surface area contributed by atoms with Gasteiger partial charge in [0.2, 0.25) is 0 Å². The fourth-order valence-corrected chi connectivity index (χ4v) is 2.75. The highest BCUT2D eigenvalue weighted by atomic mass is 32.2. The van der Waals surface area contributed by atoms with Crippen molar-refractivity contribution < 1.29 is 8.42 Å². The Labute approximate surface area is 107 Å². The summed E-state index contributed by atoms with van der Waals surface area (Å²) >= 11 is 0. The summed E-state index contributed by atoms with van der Waals surface area (Å²) in [7, 11) is -2.90. The van der Waals surface area contributed by atoms with E-state index in [1.54, 1.807) is 13.8 Å². The van der Waals surface area contributed by atoms with E-state index in [9.17, 15) is 8.42 Å². The minimum Gasteiger partial charge on any atom is -0.316 e. The number of nitrogens with one attached hydrogen (secondary N) is 1. The summed E-state index contributed by atoms with van der Waals surface area (Å²) in [6, 6.07) is 0. The maximum atomic E-state index is 11.7. The van der Waals surface area contributed by atoms with Crippen LogP contribution >= 0.6 is 0 Å². The molecule has 4 heteroatoms. The second-order valence-corrected chi connectivity index (χ2v) is 9.03. The molecule has 0 unspecified atom stereocenters. The van der Waals surface area contributed by atoms with Gasteiger partial charge in [-0.3, -0.25) is 0 Å². The first-order valence-corrected chi connectivity index (χ1v) is 8.20. The molecule has 0 aliphatic rings. The second-order valence-electron chi connectivity index (χ2n) is 6.35. The van der Waals surface area contributed by atoms with Crippen molar-refractivity contribution in [3.05, 3.63) is 0 Å².